The molecule has 2 aliphatic heterocycles. The largest absolute Gasteiger partial charge is 0.381 e. The molecule has 0 aliphatic carbocycles. The number of hydrogen-bond donors (Lipinski definition) is 0. The maximum atomic E-state index is 12.1. The first-order valence-electron chi connectivity index (χ1n) is 5.80. The van der Waals surface area contributed by atoms with Gasteiger partial charge in [0.25, 0.3) is 0 Å². The van der Waals surface area contributed by atoms with Crippen LogP contribution in [0, 0.1) is 5.92 Å². The zero-order valence-corrected chi connectivity index (χ0v) is 11.0. The van der Waals surface area contributed by atoms with Gasteiger partial charge in [-0.05, 0) is 22.0 Å². The molecule has 92 valence electrons. The Bertz CT molecular complexity index is 442. The van der Waals surface area contributed by atoms with Crippen molar-refractivity contribution in [1.82, 2.24) is 14.7 Å². The lowest BCUT2D eigenvalue weighted by Gasteiger charge is -2.31. The molecule has 6 heteroatoms. The van der Waals surface area contributed by atoms with E-state index < -0.39 is 0 Å². The molecule has 5 nitrogen and oxygen atoms in total. The van der Waals surface area contributed by atoms with E-state index in [4.69, 9.17) is 4.74 Å². The van der Waals surface area contributed by atoms with Gasteiger partial charge >= 0.3 is 0 Å². The average Bonchev–Trinajstić information content (AvgIpc) is 2.49. The topological polar surface area (TPSA) is 47.4 Å². The fraction of sp³-hybridized carbons (Fsp3) is 0.636. The fourth-order valence-electron chi connectivity index (χ4n) is 2.26. The van der Waals surface area contributed by atoms with Crippen LogP contribution in [0.5, 0.6) is 0 Å². The van der Waals surface area contributed by atoms with Gasteiger partial charge in [-0.15, -0.1) is 0 Å². The Morgan fingerprint density at radius 3 is 3.06 bits per heavy atom. The van der Waals surface area contributed by atoms with Crippen LogP contribution in [0.25, 0.3) is 0 Å². The number of fused-ring (bicyclic) bond motifs is 1. The second kappa shape index (κ2) is 4.42. The molecule has 0 bridgehead atoms. The van der Waals surface area contributed by atoms with Gasteiger partial charge in [0.1, 0.15) is 11.1 Å². The minimum absolute atomic E-state index is 0.159. The average molecular weight is 300 g/mol. The summed E-state index contributed by atoms with van der Waals surface area (Å²) >= 11 is 3.34. The van der Waals surface area contributed by atoms with Crippen molar-refractivity contribution in [3.63, 3.8) is 0 Å². The van der Waals surface area contributed by atoms with Gasteiger partial charge in [0, 0.05) is 31.1 Å². The molecular formula is C11H14BrN3O2. The summed E-state index contributed by atoms with van der Waals surface area (Å²) in [6, 6.07) is 1.99. The molecule has 0 spiro atoms. The number of rotatable bonds is 2. The van der Waals surface area contributed by atoms with Crippen molar-refractivity contribution in [3.8, 4) is 0 Å². The van der Waals surface area contributed by atoms with Crippen molar-refractivity contribution in [1.29, 1.82) is 0 Å². The Morgan fingerprint density at radius 2 is 2.35 bits per heavy atom. The maximum Gasteiger partial charge on any atom is 0.244 e. The molecule has 1 amide bonds. The number of ether oxygens (including phenoxy) is 1. The molecule has 3 rings (SSSR count). The molecule has 1 aromatic heterocycles. The first kappa shape index (κ1) is 11.2. The van der Waals surface area contributed by atoms with Gasteiger partial charge < -0.3 is 9.64 Å². The highest BCUT2D eigenvalue weighted by atomic mass is 79.9. The van der Waals surface area contributed by atoms with Gasteiger partial charge in [0.05, 0.1) is 13.2 Å². The first-order valence-corrected chi connectivity index (χ1v) is 6.59. The number of halogens is 1. The van der Waals surface area contributed by atoms with Gasteiger partial charge in [-0.2, -0.15) is 5.10 Å². The number of nitrogens with zero attached hydrogens (tertiary/aromatic N) is 3. The predicted molar refractivity (Wildman–Crippen MR) is 64.5 cm³/mol. The lowest BCUT2D eigenvalue weighted by molar-refractivity contribution is -0.135. The van der Waals surface area contributed by atoms with Crippen LogP contribution >= 0.6 is 15.9 Å². The molecule has 0 atom stereocenters. The van der Waals surface area contributed by atoms with Crippen molar-refractivity contribution in [2.24, 2.45) is 5.92 Å². The van der Waals surface area contributed by atoms with E-state index in [9.17, 15) is 4.79 Å². The fourth-order valence-corrected chi connectivity index (χ4v) is 2.71. The molecule has 1 saturated heterocycles. The number of carbonyl (C=O) groups excluding carboxylic acids is 1. The highest BCUT2D eigenvalue weighted by Crippen LogP contribution is 2.17. The van der Waals surface area contributed by atoms with Crippen molar-refractivity contribution in [2.45, 2.75) is 13.0 Å². The van der Waals surface area contributed by atoms with Crippen LogP contribution in [0.3, 0.4) is 0 Å². The van der Waals surface area contributed by atoms with E-state index in [0.717, 1.165) is 43.0 Å². The van der Waals surface area contributed by atoms with Crippen molar-refractivity contribution < 1.29 is 9.53 Å². The van der Waals surface area contributed by atoms with Crippen LogP contribution in [0.2, 0.25) is 0 Å². The summed E-state index contributed by atoms with van der Waals surface area (Å²) in [5.74, 6) is 0.683. The van der Waals surface area contributed by atoms with Crippen LogP contribution in [0.1, 0.15) is 5.69 Å². The third kappa shape index (κ3) is 2.24. The van der Waals surface area contributed by atoms with Crippen LogP contribution in [-0.4, -0.2) is 46.9 Å². The standard InChI is InChI=1S/C11H14BrN3O2/c12-10-3-9-1-2-14(4-8-6-17-7-8)11(16)5-15(9)13-10/h3,8H,1-2,4-7H2. The smallest absolute Gasteiger partial charge is 0.244 e. The van der Waals surface area contributed by atoms with Gasteiger partial charge in [0.15, 0.2) is 0 Å². The Balaban J connectivity index is 1.71. The Hall–Kier alpha value is -0.880. The van der Waals surface area contributed by atoms with Crippen LogP contribution in [-0.2, 0) is 22.5 Å². The third-order valence-corrected chi connectivity index (χ3v) is 3.68. The molecule has 0 aromatic carbocycles. The SMILES string of the molecule is O=C1Cn2nc(Br)cc2CCN1CC1COC1. The highest BCUT2D eigenvalue weighted by Gasteiger charge is 2.27. The first-order chi connectivity index (χ1) is 8.22. The van der Waals surface area contributed by atoms with E-state index in [0.29, 0.717) is 12.5 Å². The molecule has 0 unspecified atom stereocenters. The summed E-state index contributed by atoms with van der Waals surface area (Å²) in [4.78, 5) is 14.0. The molecule has 2 aliphatic rings. The molecule has 0 saturated carbocycles. The zero-order chi connectivity index (χ0) is 11.8. The Labute approximate surface area is 108 Å². The number of aromatic nitrogens is 2. The molecule has 0 N–H and O–H groups in total. The lowest BCUT2D eigenvalue weighted by atomic mass is 10.1. The highest BCUT2D eigenvalue weighted by molar-refractivity contribution is 9.10. The lowest BCUT2D eigenvalue weighted by Crippen LogP contribution is -2.43. The Kier molecular flexibility index (Phi) is 2.92. The maximum absolute atomic E-state index is 12.1. The minimum Gasteiger partial charge on any atom is -0.381 e. The summed E-state index contributed by atoms with van der Waals surface area (Å²) < 4.78 is 7.75. The summed E-state index contributed by atoms with van der Waals surface area (Å²) in [5.41, 5.74) is 1.12. The second-order valence-corrected chi connectivity index (χ2v) is 5.42. The summed E-state index contributed by atoms with van der Waals surface area (Å²) in [6.45, 7) is 3.55. The molecule has 0 radical (unpaired) electrons. The number of hydrogen-bond acceptors (Lipinski definition) is 3. The van der Waals surface area contributed by atoms with E-state index in [2.05, 4.69) is 21.0 Å². The van der Waals surface area contributed by atoms with Crippen molar-refractivity contribution in [3.05, 3.63) is 16.4 Å². The molecule has 17 heavy (non-hydrogen) atoms. The predicted octanol–water partition coefficient (Wildman–Crippen LogP) is 0.677. The number of carbonyl (C=O) groups is 1. The zero-order valence-electron chi connectivity index (χ0n) is 9.43. The van der Waals surface area contributed by atoms with E-state index in [1.807, 2.05) is 11.0 Å². The molecule has 1 fully saturated rings. The monoisotopic (exact) mass is 299 g/mol. The number of amides is 1. The van der Waals surface area contributed by atoms with Crippen LogP contribution in [0.15, 0.2) is 10.7 Å². The summed E-state index contributed by atoms with van der Waals surface area (Å²) in [5, 5.41) is 4.27. The molecule has 3 heterocycles. The summed E-state index contributed by atoms with van der Waals surface area (Å²) in [7, 11) is 0. The normalized spacial score (nSPS) is 21.0. The van der Waals surface area contributed by atoms with Crippen LogP contribution < -0.4 is 0 Å². The van der Waals surface area contributed by atoms with E-state index >= 15 is 0 Å². The van der Waals surface area contributed by atoms with Gasteiger partial charge in [-0.1, -0.05) is 0 Å². The van der Waals surface area contributed by atoms with Gasteiger partial charge in [0.2, 0.25) is 5.91 Å². The molecule has 1 aromatic rings. The van der Waals surface area contributed by atoms with E-state index in [-0.39, 0.29) is 5.91 Å². The summed E-state index contributed by atoms with van der Waals surface area (Å²) in [6.07, 6.45) is 0.873. The second-order valence-electron chi connectivity index (χ2n) is 4.61. The minimum atomic E-state index is 0.159. The molecular weight excluding hydrogens is 286 g/mol. The Morgan fingerprint density at radius 1 is 1.53 bits per heavy atom. The van der Waals surface area contributed by atoms with Crippen LogP contribution in [0.4, 0.5) is 0 Å². The van der Waals surface area contributed by atoms with Crippen molar-refractivity contribution >= 4 is 21.8 Å². The van der Waals surface area contributed by atoms with E-state index in [1.54, 1.807) is 4.68 Å². The van der Waals surface area contributed by atoms with Gasteiger partial charge in [-0.3, -0.25) is 9.48 Å². The van der Waals surface area contributed by atoms with E-state index in [1.165, 1.54) is 0 Å². The quantitative estimate of drug-likeness (QED) is 0.807. The van der Waals surface area contributed by atoms with Crippen molar-refractivity contribution in [2.75, 3.05) is 26.3 Å². The van der Waals surface area contributed by atoms with Gasteiger partial charge in [-0.25, -0.2) is 0 Å². The third-order valence-electron chi connectivity index (χ3n) is 3.29.